The van der Waals surface area contributed by atoms with Gasteiger partial charge in [0, 0.05) is 29.8 Å². The van der Waals surface area contributed by atoms with E-state index in [9.17, 15) is 9.59 Å². The van der Waals surface area contributed by atoms with Crippen molar-refractivity contribution in [3.05, 3.63) is 54.7 Å². The van der Waals surface area contributed by atoms with Gasteiger partial charge in [0.2, 0.25) is 11.9 Å². The lowest BCUT2D eigenvalue weighted by Gasteiger charge is -2.18. The van der Waals surface area contributed by atoms with Crippen molar-refractivity contribution in [1.82, 2.24) is 19.9 Å². The van der Waals surface area contributed by atoms with Crippen LogP contribution in [0.4, 0.5) is 17.5 Å². The molecule has 31 heavy (non-hydrogen) atoms. The van der Waals surface area contributed by atoms with Gasteiger partial charge in [-0.15, -0.1) is 0 Å². The predicted molar refractivity (Wildman–Crippen MR) is 117 cm³/mol. The average Bonchev–Trinajstić information content (AvgIpc) is 2.74. The van der Waals surface area contributed by atoms with Crippen LogP contribution in [-0.4, -0.2) is 37.8 Å². The second-order valence-corrected chi connectivity index (χ2v) is 7.38. The Bertz CT molecular complexity index is 1070. The normalized spacial score (nSPS) is 11.7. The largest absolute Gasteiger partial charge is 0.368 e. The van der Waals surface area contributed by atoms with Gasteiger partial charge in [0.1, 0.15) is 23.8 Å². The number of nitrogens with two attached hydrogens (primary N) is 2. The molecule has 2 heterocycles. The van der Waals surface area contributed by atoms with Crippen LogP contribution in [0.15, 0.2) is 49.2 Å². The second-order valence-electron chi connectivity index (χ2n) is 7.38. The van der Waals surface area contributed by atoms with Crippen molar-refractivity contribution < 1.29 is 9.59 Å². The number of amides is 2. The Morgan fingerprint density at radius 3 is 2.45 bits per heavy atom. The van der Waals surface area contributed by atoms with Gasteiger partial charge in [0.05, 0.1) is 0 Å². The summed E-state index contributed by atoms with van der Waals surface area (Å²) in [5.41, 5.74) is 13.5. The Morgan fingerprint density at radius 2 is 1.81 bits per heavy atom. The van der Waals surface area contributed by atoms with Gasteiger partial charge in [-0.05, 0) is 30.0 Å². The Balaban J connectivity index is 1.90. The standard InChI is InChI=1S/C21H24N8O2/c1-12(2)6-17(19(23)31)28-21-26-10-16(18(22)30)20(29-21)27-15-5-3-4-13(7-15)14-8-24-11-25-9-14/h3-5,7-12,17H,6H2,1-2H3,(H2,22,30)(H2,23,31)(H2,26,27,28,29). The van der Waals surface area contributed by atoms with Gasteiger partial charge in [0.15, 0.2) is 0 Å². The Morgan fingerprint density at radius 1 is 1.06 bits per heavy atom. The van der Waals surface area contributed by atoms with Crippen LogP contribution in [0, 0.1) is 5.92 Å². The van der Waals surface area contributed by atoms with Crippen LogP contribution in [0.3, 0.4) is 0 Å². The molecular formula is C21H24N8O2. The Labute approximate surface area is 179 Å². The first-order chi connectivity index (χ1) is 14.8. The highest BCUT2D eigenvalue weighted by Crippen LogP contribution is 2.25. The molecule has 0 saturated carbocycles. The molecular weight excluding hydrogens is 396 g/mol. The summed E-state index contributed by atoms with van der Waals surface area (Å²) < 4.78 is 0. The van der Waals surface area contributed by atoms with Crippen molar-refractivity contribution >= 4 is 29.3 Å². The molecule has 160 valence electrons. The van der Waals surface area contributed by atoms with E-state index < -0.39 is 17.9 Å². The molecule has 3 aromatic rings. The fraction of sp³-hybridized carbons (Fsp3) is 0.238. The molecule has 0 spiro atoms. The van der Waals surface area contributed by atoms with Crippen LogP contribution in [0.5, 0.6) is 0 Å². The molecule has 0 aliphatic carbocycles. The van der Waals surface area contributed by atoms with Crippen molar-refractivity contribution in [2.75, 3.05) is 10.6 Å². The van der Waals surface area contributed by atoms with Crippen LogP contribution in [-0.2, 0) is 4.79 Å². The van der Waals surface area contributed by atoms with Crippen molar-refractivity contribution in [3.8, 4) is 11.1 Å². The number of carbonyl (C=O) groups is 2. The fourth-order valence-corrected chi connectivity index (χ4v) is 2.96. The van der Waals surface area contributed by atoms with Crippen LogP contribution in [0.1, 0.15) is 30.6 Å². The van der Waals surface area contributed by atoms with E-state index in [1.807, 2.05) is 38.1 Å². The Hall–Kier alpha value is -4.08. The summed E-state index contributed by atoms with van der Waals surface area (Å²) >= 11 is 0. The number of anilines is 3. The number of benzene rings is 1. The summed E-state index contributed by atoms with van der Waals surface area (Å²) in [7, 11) is 0. The summed E-state index contributed by atoms with van der Waals surface area (Å²) in [6, 6.07) is 6.80. The topological polar surface area (TPSA) is 162 Å². The van der Waals surface area contributed by atoms with Gasteiger partial charge in [-0.1, -0.05) is 26.0 Å². The molecule has 2 aromatic heterocycles. The highest BCUT2D eigenvalue weighted by molar-refractivity contribution is 5.98. The summed E-state index contributed by atoms with van der Waals surface area (Å²) in [6.07, 6.45) is 6.68. The van der Waals surface area contributed by atoms with Gasteiger partial charge in [-0.2, -0.15) is 4.98 Å². The van der Waals surface area contributed by atoms with Gasteiger partial charge < -0.3 is 22.1 Å². The molecule has 10 nitrogen and oxygen atoms in total. The maximum atomic E-state index is 11.9. The van der Waals surface area contributed by atoms with E-state index in [1.54, 1.807) is 12.4 Å². The lowest BCUT2D eigenvalue weighted by Crippen LogP contribution is -2.37. The van der Waals surface area contributed by atoms with E-state index in [0.717, 1.165) is 11.1 Å². The molecule has 1 atom stereocenters. The van der Waals surface area contributed by atoms with Crippen molar-refractivity contribution in [2.45, 2.75) is 26.3 Å². The summed E-state index contributed by atoms with van der Waals surface area (Å²) in [6.45, 7) is 3.96. The summed E-state index contributed by atoms with van der Waals surface area (Å²) in [4.78, 5) is 40.2. The molecule has 0 aliphatic heterocycles. The third-order valence-electron chi connectivity index (χ3n) is 4.43. The molecule has 3 rings (SSSR count). The number of carbonyl (C=O) groups excluding carboxylic acids is 2. The van der Waals surface area contributed by atoms with Crippen LogP contribution in [0.2, 0.25) is 0 Å². The van der Waals surface area contributed by atoms with E-state index in [0.29, 0.717) is 12.1 Å². The van der Waals surface area contributed by atoms with E-state index in [2.05, 4.69) is 30.6 Å². The maximum absolute atomic E-state index is 11.9. The summed E-state index contributed by atoms with van der Waals surface area (Å²) in [5, 5.41) is 6.03. The van der Waals surface area contributed by atoms with Crippen LogP contribution < -0.4 is 22.1 Å². The monoisotopic (exact) mass is 420 g/mol. The van der Waals surface area contributed by atoms with Crippen molar-refractivity contribution in [3.63, 3.8) is 0 Å². The number of nitrogens with one attached hydrogen (secondary N) is 2. The maximum Gasteiger partial charge on any atom is 0.254 e. The minimum Gasteiger partial charge on any atom is -0.368 e. The number of hydrogen-bond donors (Lipinski definition) is 4. The zero-order valence-electron chi connectivity index (χ0n) is 17.2. The average molecular weight is 420 g/mol. The number of nitrogens with zero attached hydrogens (tertiary/aromatic N) is 4. The minimum atomic E-state index is -0.685. The first-order valence-corrected chi connectivity index (χ1v) is 9.68. The highest BCUT2D eigenvalue weighted by Gasteiger charge is 2.20. The molecule has 0 radical (unpaired) electrons. The van der Waals surface area contributed by atoms with Crippen LogP contribution >= 0.6 is 0 Å². The number of aromatic nitrogens is 4. The van der Waals surface area contributed by atoms with Crippen LogP contribution in [0.25, 0.3) is 11.1 Å². The fourth-order valence-electron chi connectivity index (χ4n) is 2.96. The molecule has 0 saturated heterocycles. The van der Waals surface area contributed by atoms with E-state index in [-0.39, 0.29) is 23.2 Å². The molecule has 0 bridgehead atoms. The van der Waals surface area contributed by atoms with E-state index in [1.165, 1.54) is 12.5 Å². The van der Waals surface area contributed by atoms with Gasteiger partial charge >= 0.3 is 0 Å². The third-order valence-corrected chi connectivity index (χ3v) is 4.43. The number of rotatable bonds is 9. The van der Waals surface area contributed by atoms with Gasteiger partial charge in [-0.25, -0.2) is 15.0 Å². The first-order valence-electron chi connectivity index (χ1n) is 9.68. The molecule has 10 heteroatoms. The quantitative estimate of drug-likeness (QED) is 0.409. The minimum absolute atomic E-state index is 0.110. The van der Waals surface area contributed by atoms with Crippen molar-refractivity contribution in [1.29, 1.82) is 0 Å². The van der Waals surface area contributed by atoms with Gasteiger partial charge in [0.25, 0.3) is 5.91 Å². The smallest absolute Gasteiger partial charge is 0.254 e. The van der Waals surface area contributed by atoms with E-state index >= 15 is 0 Å². The van der Waals surface area contributed by atoms with Gasteiger partial charge in [-0.3, -0.25) is 9.59 Å². The second kappa shape index (κ2) is 9.61. The van der Waals surface area contributed by atoms with E-state index in [4.69, 9.17) is 11.5 Å². The molecule has 2 amide bonds. The zero-order valence-corrected chi connectivity index (χ0v) is 17.2. The first kappa shape index (κ1) is 21.6. The molecule has 0 aliphatic rings. The zero-order chi connectivity index (χ0) is 22.4. The highest BCUT2D eigenvalue weighted by atomic mass is 16.1. The summed E-state index contributed by atoms with van der Waals surface area (Å²) in [5.74, 6) is -0.597. The number of primary amides is 2. The Kier molecular flexibility index (Phi) is 6.71. The number of hydrogen-bond acceptors (Lipinski definition) is 8. The SMILES string of the molecule is CC(C)CC(Nc1ncc(C(N)=O)c(Nc2cccc(-c3cncnc3)c2)n1)C(N)=O. The molecule has 6 N–H and O–H groups in total. The third kappa shape index (κ3) is 5.72. The molecule has 1 unspecified atom stereocenters. The lowest BCUT2D eigenvalue weighted by atomic mass is 10.0. The molecule has 1 aromatic carbocycles. The molecule has 0 fully saturated rings. The van der Waals surface area contributed by atoms with Crippen molar-refractivity contribution in [2.24, 2.45) is 17.4 Å². The lowest BCUT2D eigenvalue weighted by molar-refractivity contribution is -0.119. The predicted octanol–water partition coefficient (Wildman–Crippen LogP) is 2.09.